The van der Waals surface area contributed by atoms with Crippen LogP contribution in [0.3, 0.4) is 0 Å². The molecule has 1 aromatic heterocycles. The summed E-state index contributed by atoms with van der Waals surface area (Å²) in [6.07, 6.45) is 0. The summed E-state index contributed by atoms with van der Waals surface area (Å²) in [5.74, 6) is 0.0690. The van der Waals surface area contributed by atoms with Crippen molar-refractivity contribution in [1.29, 1.82) is 5.26 Å². The first kappa shape index (κ1) is 13.4. The second-order valence-electron chi connectivity index (χ2n) is 4.81. The van der Waals surface area contributed by atoms with Crippen molar-refractivity contribution in [2.45, 2.75) is 5.92 Å². The van der Waals surface area contributed by atoms with Crippen LogP contribution in [0, 0.1) is 11.3 Å². The molecule has 0 radical (unpaired) electrons. The molecule has 21 heavy (non-hydrogen) atoms. The minimum Gasteiger partial charge on any atom is -0.398 e. The molecule has 0 saturated heterocycles. The summed E-state index contributed by atoms with van der Waals surface area (Å²) in [5.41, 5.74) is 9.71. The van der Waals surface area contributed by atoms with Gasteiger partial charge >= 0.3 is 0 Å². The molecule has 1 atom stereocenters. The lowest BCUT2D eigenvalue weighted by molar-refractivity contribution is 1.01. The van der Waals surface area contributed by atoms with Gasteiger partial charge in [-0.2, -0.15) is 5.26 Å². The van der Waals surface area contributed by atoms with E-state index in [0.717, 1.165) is 11.3 Å². The highest BCUT2D eigenvalue weighted by molar-refractivity contribution is 7.10. The SMILES string of the molecule is N#Cc1ccc(N)c(C(c2ccccc2)c2cccs2)c1. The highest BCUT2D eigenvalue weighted by atomic mass is 32.1. The highest BCUT2D eigenvalue weighted by Gasteiger charge is 2.20. The standard InChI is InChI=1S/C18H14N2S/c19-12-13-8-9-16(20)15(11-13)18(17-7-4-10-21-17)14-5-2-1-3-6-14/h1-11,18H,20H2. The van der Waals surface area contributed by atoms with Crippen LogP contribution in [-0.2, 0) is 0 Å². The number of thiophene rings is 1. The normalized spacial score (nSPS) is 11.8. The van der Waals surface area contributed by atoms with Crippen LogP contribution >= 0.6 is 11.3 Å². The molecule has 2 nitrogen and oxygen atoms in total. The van der Waals surface area contributed by atoms with E-state index in [0.29, 0.717) is 5.56 Å². The van der Waals surface area contributed by atoms with Gasteiger partial charge in [0.15, 0.2) is 0 Å². The van der Waals surface area contributed by atoms with E-state index in [1.54, 1.807) is 17.4 Å². The second-order valence-corrected chi connectivity index (χ2v) is 5.79. The van der Waals surface area contributed by atoms with Crippen molar-refractivity contribution in [3.05, 3.63) is 87.6 Å². The number of nitrogen functional groups attached to an aromatic ring is 1. The zero-order valence-electron chi connectivity index (χ0n) is 11.4. The minimum atomic E-state index is 0.0690. The largest absolute Gasteiger partial charge is 0.398 e. The van der Waals surface area contributed by atoms with Gasteiger partial charge in [-0.25, -0.2) is 0 Å². The van der Waals surface area contributed by atoms with Crippen molar-refractivity contribution < 1.29 is 0 Å². The van der Waals surface area contributed by atoms with Gasteiger partial charge in [-0.1, -0.05) is 36.4 Å². The Morgan fingerprint density at radius 1 is 1.00 bits per heavy atom. The first-order chi connectivity index (χ1) is 10.3. The summed E-state index contributed by atoms with van der Waals surface area (Å²) in [7, 11) is 0. The van der Waals surface area contributed by atoms with Gasteiger partial charge in [0.1, 0.15) is 0 Å². The van der Waals surface area contributed by atoms with Crippen molar-refractivity contribution in [2.24, 2.45) is 0 Å². The predicted molar refractivity (Wildman–Crippen MR) is 87.3 cm³/mol. The Morgan fingerprint density at radius 3 is 2.48 bits per heavy atom. The van der Waals surface area contributed by atoms with E-state index in [9.17, 15) is 0 Å². The molecule has 0 amide bonds. The Morgan fingerprint density at radius 2 is 1.81 bits per heavy atom. The number of nitrogens with two attached hydrogens (primary N) is 1. The Labute approximate surface area is 128 Å². The van der Waals surface area contributed by atoms with Gasteiger partial charge in [-0.05, 0) is 40.8 Å². The van der Waals surface area contributed by atoms with Crippen molar-refractivity contribution in [2.75, 3.05) is 5.73 Å². The van der Waals surface area contributed by atoms with Crippen molar-refractivity contribution in [1.82, 2.24) is 0 Å². The average Bonchev–Trinajstić information content (AvgIpc) is 3.04. The monoisotopic (exact) mass is 290 g/mol. The quantitative estimate of drug-likeness (QED) is 0.728. The third-order valence-electron chi connectivity index (χ3n) is 3.49. The summed E-state index contributed by atoms with van der Waals surface area (Å²) in [6, 6.07) is 22.1. The molecular weight excluding hydrogens is 276 g/mol. The van der Waals surface area contributed by atoms with Crippen LogP contribution in [-0.4, -0.2) is 0 Å². The molecule has 2 aromatic carbocycles. The zero-order valence-corrected chi connectivity index (χ0v) is 12.2. The molecule has 0 spiro atoms. The fourth-order valence-corrected chi connectivity index (χ4v) is 3.36. The van der Waals surface area contributed by atoms with Crippen LogP contribution < -0.4 is 5.73 Å². The molecule has 0 saturated carbocycles. The van der Waals surface area contributed by atoms with Crippen molar-refractivity contribution in [3.8, 4) is 6.07 Å². The van der Waals surface area contributed by atoms with Crippen LogP contribution in [0.1, 0.15) is 27.5 Å². The van der Waals surface area contributed by atoms with E-state index in [1.165, 1.54) is 10.4 Å². The molecule has 102 valence electrons. The number of hydrogen-bond acceptors (Lipinski definition) is 3. The Hall–Kier alpha value is -2.57. The molecule has 1 unspecified atom stereocenters. The van der Waals surface area contributed by atoms with Crippen LogP contribution in [0.4, 0.5) is 5.69 Å². The Balaban J connectivity index is 2.20. The maximum Gasteiger partial charge on any atom is 0.0991 e. The number of hydrogen-bond donors (Lipinski definition) is 1. The average molecular weight is 290 g/mol. The van der Waals surface area contributed by atoms with Gasteiger partial charge in [-0.15, -0.1) is 11.3 Å². The van der Waals surface area contributed by atoms with Crippen LogP contribution in [0.25, 0.3) is 0 Å². The summed E-state index contributed by atoms with van der Waals surface area (Å²) in [5, 5.41) is 11.2. The number of benzene rings is 2. The molecule has 0 aliphatic heterocycles. The fourth-order valence-electron chi connectivity index (χ4n) is 2.49. The van der Waals surface area contributed by atoms with Gasteiger partial charge < -0.3 is 5.73 Å². The number of nitrogens with zero attached hydrogens (tertiary/aromatic N) is 1. The fraction of sp³-hybridized carbons (Fsp3) is 0.0556. The topological polar surface area (TPSA) is 49.8 Å². The lowest BCUT2D eigenvalue weighted by Gasteiger charge is -2.19. The summed E-state index contributed by atoms with van der Waals surface area (Å²) in [6.45, 7) is 0. The number of rotatable bonds is 3. The summed E-state index contributed by atoms with van der Waals surface area (Å²) < 4.78 is 0. The van der Waals surface area contributed by atoms with Gasteiger partial charge in [0.25, 0.3) is 0 Å². The smallest absolute Gasteiger partial charge is 0.0991 e. The molecule has 0 aliphatic carbocycles. The molecule has 3 rings (SSSR count). The number of anilines is 1. The molecule has 1 heterocycles. The van der Waals surface area contributed by atoms with Gasteiger partial charge in [0.2, 0.25) is 0 Å². The molecule has 0 fully saturated rings. The van der Waals surface area contributed by atoms with Gasteiger partial charge in [0.05, 0.1) is 11.6 Å². The van der Waals surface area contributed by atoms with E-state index in [-0.39, 0.29) is 5.92 Å². The first-order valence-corrected chi connectivity index (χ1v) is 7.55. The molecule has 0 bridgehead atoms. The van der Waals surface area contributed by atoms with Crippen molar-refractivity contribution >= 4 is 17.0 Å². The van der Waals surface area contributed by atoms with Crippen LogP contribution in [0.2, 0.25) is 0 Å². The van der Waals surface area contributed by atoms with Crippen LogP contribution in [0.15, 0.2) is 66.0 Å². The lowest BCUT2D eigenvalue weighted by atomic mass is 9.88. The van der Waals surface area contributed by atoms with Gasteiger partial charge in [0, 0.05) is 16.5 Å². The van der Waals surface area contributed by atoms with Gasteiger partial charge in [-0.3, -0.25) is 0 Å². The predicted octanol–water partition coefficient (Wildman–Crippen LogP) is 4.38. The first-order valence-electron chi connectivity index (χ1n) is 6.67. The molecule has 3 aromatic rings. The van der Waals surface area contributed by atoms with E-state index >= 15 is 0 Å². The van der Waals surface area contributed by atoms with E-state index in [2.05, 4.69) is 29.6 Å². The highest BCUT2D eigenvalue weighted by Crippen LogP contribution is 2.37. The Kier molecular flexibility index (Phi) is 3.72. The van der Waals surface area contributed by atoms with E-state index in [4.69, 9.17) is 11.0 Å². The minimum absolute atomic E-state index is 0.0690. The Bertz CT molecular complexity index is 771. The third-order valence-corrected chi connectivity index (χ3v) is 4.42. The van der Waals surface area contributed by atoms with E-state index in [1.807, 2.05) is 36.4 Å². The maximum atomic E-state index is 9.15. The van der Waals surface area contributed by atoms with E-state index < -0.39 is 0 Å². The molecule has 2 N–H and O–H groups in total. The molecule has 3 heteroatoms. The zero-order chi connectivity index (χ0) is 14.7. The van der Waals surface area contributed by atoms with Crippen LogP contribution in [0.5, 0.6) is 0 Å². The third kappa shape index (κ3) is 2.67. The molecule has 0 aliphatic rings. The molecular formula is C18H14N2S. The van der Waals surface area contributed by atoms with Crippen molar-refractivity contribution in [3.63, 3.8) is 0 Å². The number of nitriles is 1. The lowest BCUT2D eigenvalue weighted by Crippen LogP contribution is -2.05. The maximum absolute atomic E-state index is 9.15. The summed E-state index contributed by atoms with van der Waals surface area (Å²) in [4.78, 5) is 1.22. The summed E-state index contributed by atoms with van der Waals surface area (Å²) >= 11 is 1.70. The second kappa shape index (κ2) is 5.82.